The third-order valence-corrected chi connectivity index (χ3v) is 7.34. The normalized spacial score (nSPS) is 14.8. The number of rotatable bonds is 8. The van der Waals surface area contributed by atoms with Gasteiger partial charge in [-0.15, -0.1) is 0 Å². The highest BCUT2D eigenvalue weighted by molar-refractivity contribution is 5.99. The van der Waals surface area contributed by atoms with Crippen molar-refractivity contribution < 1.29 is 18.7 Å². The molecule has 2 heterocycles. The highest BCUT2D eigenvalue weighted by atomic mass is 16.5. The number of benzene rings is 3. The van der Waals surface area contributed by atoms with Gasteiger partial charge in [0.05, 0.1) is 30.7 Å². The van der Waals surface area contributed by atoms with Crippen molar-refractivity contribution in [3.63, 3.8) is 0 Å². The topological polar surface area (TPSA) is 69.0 Å². The van der Waals surface area contributed by atoms with Gasteiger partial charge in [-0.2, -0.15) is 0 Å². The van der Waals surface area contributed by atoms with Crippen molar-refractivity contribution in [3.05, 3.63) is 104 Å². The quantitative estimate of drug-likeness (QED) is 0.250. The third kappa shape index (κ3) is 5.03. The summed E-state index contributed by atoms with van der Waals surface area (Å²) in [5.74, 6) is 1.52. The molecule has 1 aliphatic rings. The van der Waals surface area contributed by atoms with Gasteiger partial charge in [0.2, 0.25) is 5.76 Å². The Bertz CT molecular complexity index is 1600. The number of carbonyl (C=O) groups excluding carboxylic acids is 1. The Hall–Kier alpha value is -4.06. The van der Waals surface area contributed by atoms with Gasteiger partial charge in [-0.05, 0) is 73.6 Å². The Kier molecular flexibility index (Phi) is 7.21. The predicted molar refractivity (Wildman–Crippen MR) is 153 cm³/mol. The Morgan fingerprint density at radius 3 is 2.36 bits per heavy atom. The zero-order chi connectivity index (χ0) is 27.8. The van der Waals surface area contributed by atoms with Gasteiger partial charge in [0.1, 0.15) is 5.58 Å². The molecule has 202 valence electrons. The number of methoxy groups -OCH3 is 1. The molecule has 4 aromatic rings. The highest BCUT2D eigenvalue weighted by Gasteiger charge is 2.43. The van der Waals surface area contributed by atoms with Crippen LogP contribution in [0, 0.1) is 26.7 Å². The zero-order valence-corrected chi connectivity index (χ0v) is 23.5. The standard InChI is InChI=1S/C33H35NO5/c1-19(2)13-14-38-25-12-11-24(17-26(25)37-6)30-29-31(35)28-22(5)15-21(4)16-27(28)39-32(29)33(36)34(30)18-23-9-7-20(3)8-10-23/h7-12,15-17,19,30H,13-14,18H2,1-6H3. The summed E-state index contributed by atoms with van der Waals surface area (Å²) in [5, 5.41) is 0.509. The van der Waals surface area contributed by atoms with Crippen molar-refractivity contribution in [2.45, 2.75) is 53.6 Å². The van der Waals surface area contributed by atoms with Gasteiger partial charge < -0.3 is 18.8 Å². The van der Waals surface area contributed by atoms with Crippen LogP contribution in [0.25, 0.3) is 11.0 Å². The first-order valence-electron chi connectivity index (χ1n) is 13.4. The van der Waals surface area contributed by atoms with Gasteiger partial charge in [-0.25, -0.2) is 0 Å². The largest absolute Gasteiger partial charge is 0.493 e. The lowest BCUT2D eigenvalue weighted by molar-refractivity contribution is 0.0714. The summed E-state index contributed by atoms with van der Waals surface area (Å²) >= 11 is 0. The average Bonchev–Trinajstić information content (AvgIpc) is 3.16. The fraction of sp³-hybridized carbons (Fsp3) is 0.333. The van der Waals surface area contributed by atoms with Crippen LogP contribution in [-0.2, 0) is 6.54 Å². The zero-order valence-electron chi connectivity index (χ0n) is 23.5. The van der Waals surface area contributed by atoms with E-state index in [4.69, 9.17) is 13.9 Å². The van der Waals surface area contributed by atoms with E-state index in [2.05, 4.69) is 13.8 Å². The van der Waals surface area contributed by atoms with E-state index < -0.39 is 6.04 Å². The second kappa shape index (κ2) is 10.6. The van der Waals surface area contributed by atoms with E-state index in [1.165, 1.54) is 0 Å². The number of carbonyl (C=O) groups is 1. The number of fused-ring (bicyclic) bond motifs is 2. The number of ether oxygens (including phenoxy) is 2. The maximum absolute atomic E-state index is 14.1. The second-order valence-electron chi connectivity index (χ2n) is 10.9. The fourth-order valence-electron chi connectivity index (χ4n) is 5.29. The maximum Gasteiger partial charge on any atom is 0.291 e. The van der Waals surface area contributed by atoms with Crippen molar-refractivity contribution in [2.75, 3.05) is 13.7 Å². The molecule has 0 saturated heterocycles. The summed E-state index contributed by atoms with van der Waals surface area (Å²) in [7, 11) is 1.60. The van der Waals surface area contributed by atoms with E-state index in [0.29, 0.717) is 47.1 Å². The molecule has 1 unspecified atom stereocenters. The van der Waals surface area contributed by atoms with E-state index in [0.717, 1.165) is 34.2 Å². The second-order valence-corrected chi connectivity index (χ2v) is 10.9. The molecule has 0 saturated carbocycles. The number of amides is 1. The number of hydrogen-bond donors (Lipinski definition) is 0. The van der Waals surface area contributed by atoms with Crippen LogP contribution >= 0.6 is 0 Å². The van der Waals surface area contributed by atoms with Gasteiger partial charge >= 0.3 is 0 Å². The summed E-state index contributed by atoms with van der Waals surface area (Å²) in [5.41, 5.74) is 5.29. The molecule has 1 amide bonds. The van der Waals surface area contributed by atoms with Gasteiger partial charge in [0, 0.05) is 6.54 Å². The van der Waals surface area contributed by atoms with Crippen LogP contribution in [0.3, 0.4) is 0 Å². The molecule has 5 rings (SSSR count). The van der Waals surface area contributed by atoms with Gasteiger partial charge in [0.25, 0.3) is 5.91 Å². The Morgan fingerprint density at radius 2 is 1.67 bits per heavy atom. The first-order valence-corrected chi connectivity index (χ1v) is 13.4. The maximum atomic E-state index is 14.1. The fourth-order valence-corrected chi connectivity index (χ4v) is 5.29. The van der Waals surface area contributed by atoms with Crippen LogP contribution in [-0.4, -0.2) is 24.5 Å². The van der Waals surface area contributed by atoms with E-state index in [9.17, 15) is 9.59 Å². The van der Waals surface area contributed by atoms with Crippen molar-refractivity contribution in [1.29, 1.82) is 0 Å². The number of aryl methyl sites for hydroxylation is 3. The lowest BCUT2D eigenvalue weighted by atomic mass is 9.96. The molecule has 1 aromatic heterocycles. The molecule has 6 nitrogen and oxygen atoms in total. The van der Waals surface area contributed by atoms with Gasteiger partial charge in [-0.1, -0.05) is 55.8 Å². The van der Waals surface area contributed by atoms with E-state index in [-0.39, 0.29) is 17.1 Å². The molecule has 0 radical (unpaired) electrons. The molecule has 6 heteroatoms. The van der Waals surface area contributed by atoms with E-state index in [1.807, 2.05) is 75.4 Å². The summed E-state index contributed by atoms with van der Waals surface area (Å²) < 4.78 is 17.9. The molecule has 3 aromatic carbocycles. The average molecular weight is 526 g/mol. The SMILES string of the molecule is COc1cc(C2c3c(oc4cc(C)cc(C)c4c3=O)C(=O)N2Cc2ccc(C)cc2)ccc1OCCC(C)C. The molecular formula is C33H35NO5. The third-order valence-electron chi connectivity index (χ3n) is 7.34. The van der Waals surface area contributed by atoms with Gasteiger partial charge in [-0.3, -0.25) is 9.59 Å². The van der Waals surface area contributed by atoms with Crippen LogP contribution in [0.4, 0.5) is 0 Å². The van der Waals surface area contributed by atoms with Crippen molar-refractivity contribution >= 4 is 16.9 Å². The molecule has 39 heavy (non-hydrogen) atoms. The van der Waals surface area contributed by atoms with E-state index in [1.54, 1.807) is 12.0 Å². The van der Waals surface area contributed by atoms with Gasteiger partial charge in [0.15, 0.2) is 16.9 Å². The van der Waals surface area contributed by atoms with Crippen LogP contribution in [0.2, 0.25) is 0 Å². The predicted octanol–water partition coefficient (Wildman–Crippen LogP) is 6.90. The molecular weight excluding hydrogens is 490 g/mol. The monoisotopic (exact) mass is 525 g/mol. The Labute approximate surface area is 229 Å². The molecule has 0 fully saturated rings. The highest BCUT2D eigenvalue weighted by Crippen LogP contribution is 2.42. The molecule has 0 aliphatic carbocycles. The Morgan fingerprint density at radius 1 is 0.923 bits per heavy atom. The Balaban J connectivity index is 1.65. The van der Waals surface area contributed by atoms with Crippen LogP contribution in [0.5, 0.6) is 11.5 Å². The minimum Gasteiger partial charge on any atom is -0.493 e. The van der Waals surface area contributed by atoms with Crippen molar-refractivity contribution in [3.8, 4) is 11.5 Å². The number of hydrogen-bond acceptors (Lipinski definition) is 5. The van der Waals surface area contributed by atoms with Crippen LogP contribution in [0.1, 0.15) is 70.2 Å². The minimum absolute atomic E-state index is 0.103. The smallest absolute Gasteiger partial charge is 0.291 e. The van der Waals surface area contributed by atoms with Crippen LogP contribution < -0.4 is 14.9 Å². The minimum atomic E-state index is -0.631. The first kappa shape index (κ1) is 26.5. The molecule has 0 bridgehead atoms. The van der Waals surface area contributed by atoms with Crippen molar-refractivity contribution in [1.82, 2.24) is 4.90 Å². The van der Waals surface area contributed by atoms with Crippen molar-refractivity contribution in [2.24, 2.45) is 5.92 Å². The first-order chi connectivity index (χ1) is 18.7. The lowest BCUT2D eigenvalue weighted by Gasteiger charge is -2.26. The molecule has 1 aliphatic heterocycles. The summed E-state index contributed by atoms with van der Waals surface area (Å²) in [6.45, 7) is 11.1. The number of nitrogens with zero attached hydrogens (tertiary/aromatic N) is 1. The molecule has 0 spiro atoms. The van der Waals surface area contributed by atoms with Crippen LogP contribution in [0.15, 0.2) is 63.8 Å². The summed E-state index contributed by atoms with van der Waals surface area (Å²) in [6, 6.07) is 16.9. The summed E-state index contributed by atoms with van der Waals surface area (Å²) in [6.07, 6.45) is 0.923. The lowest BCUT2D eigenvalue weighted by Crippen LogP contribution is -2.29. The molecule has 1 atom stereocenters. The van der Waals surface area contributed by atoms with E-state index >= 15 is 0 Å². The summed E-state index contributed by atoms with van der Waals surface area (Å²) in [4.78, 5) is 29.7. The molecule has 0 N–H and O–H groups in total.